The monoisotopic (exact) mass is 469 g/mol. The number of ether oxygens (including phenoxy) is 1. The summed E-state index contributed by atoms with van der Waals surface area (Å²) in [5, 5.41) is 14.3. The summed E-state index contributed by atoms with van der Waals surface area (Å²) >= 11 is 7.36. The van der Waals surface area contributed by atoms with E-state index >= 15 is 0 Å². The van der Waals surface area contributed by atoms with Gasteiger partial charge in [-0.2, -0.15) is 0 Å². The van der Waals surface area contributed by atoms with Gasteiger partial charge in [0, 0.05) is 23.8 Å². The zero-order valence-electron chi connectivity index (χ0n) is 16.7. The Labute approximate surface area is 192 Å². The van der Waals surface area contributed by atoms with Gasteiger partial charge in [0.15, 0.2) is 5.17 Å². The van der Waals surface area contributed by atoms with Crippen LogP contribution < -0.4 is 10.1 Å². The van der Waals surface area contributed by atoms with E-state index in [4.69, 9.17) is 20.8 Å². The third-order valence-corrected chi connectivity index (χ3v) is 5.58. The highest BCUT2D eigenvalue weighted by atomic mass is 35.5. The molecule has 0 atom stereocenters. The van der Waals surface area contributed by atoms with Crippen LogP contribution in [-0.4, -0.2) is 22.6 Å². The molecule has 32 heavy (non-hydrogen) atoms. The highest BCUT2D eigenvalue weighted by Crippen LogP contribution is 2.34. The number of carbonyl (C=O) groups is 1. The minimum Gasteiger partial charge on any atom is -0.494 e. The number of thioether (sulfide) groups is 1. The van der Waals surface area contributed by atoms with E-state index in [1.165, 1.54) is 30.0 Å². The van der Waals surface area contributed by atoms with Crippen molar-refractivity contribution in [3.63, 3.8) is 0 Å². The summed E-state index contributed by atoms with van der Waals surface area (Å²) in [5.74, 6) is 1.34. The number of aliphatic imine (C=N–C) groups is 1. The number of amidine groups is 1. The highest BCUT2D eigenvalue weighted by Gasteiger charge is 2.24. The number of amides is 1. The van der Waals surface area contributed by atoms with Crippen molar-refractivity contribution in [1.82, 2.24) is 5.32 Å². The lowest BCUT2D eigenvalue weighted by molar-refractivity contribution is -0.384. The molecule has 1 aliphatic heterocycles. The van der Waals surface area contributed by atoms with E-state index in [1.54, 1.807) is 30.3 Å². The molecule has 3 aromatic rings. The molecule has 1 aliphatic rings. The van der Waals surface area contributed by atoms with Gasteiger partial charge in [-0.05, 0) is 61.2 Å². The van der Waals surface area contributed by atoms with Gasteiger partial charge in [0.1, 0.15) is 17.3 Å². The molecule has 1 aromatic heterocycles. The Bertz CT molecular complexity index is 1250. The van der Waals surface area contributed by atoms with Gasteiger partial charge in [-0.15, -0.1) is 0 Å². The fourth-order valence-corrected chi connectivity index (χ4v) is 3.99. The first kappa shape index (κ1) is 21.7. The first-order chi connectivity index (χ1) is 15.4. The van der Waals surface area contributed by atoms with E-state index in [-0.39, 0.29) is 16.6 Å². The van der Waals surface area contributed by atoms with Gasteiger partial charge in [-0.3, -0.25) is 14.9 Å². The van der Waals surface area contributed by atoms with Gasteiger partial charge in [-0.1, -0.05) is 11.6 Å². The van der Waals surface area contributed by atoms with Crippen LogP contribution in [0.4, 0.5) is 11.4 Å². The second kappa shape index (κ2) is 9.29. The van der Waals surface area contributed by atoms with Gasteiger partial charge < -0.3 is 14.5 Å². The average Bonchev–Trinajstić information content (AvgIpc) is 3.36. The Morgan fingerprint density at radius 1 is 1.22 bits per heavy atom. The summed E-state index contributed by atoms with van der Waals surface area (Å²) in [4.78, 5) is 27.5. The molecular weight excluding hydrogens is 454 g/mol. The quantitative estimate of drug-likeness (QED) is 0.278. The van der Waals surface area contributed by atoms with Gasteiger partial charge in [0.2, 0.25) is 0 Å². The van der Waals surface area contributed by atoms with E-state index < -0.39 is 4.92 Å². The van der Waals surface area contributed by atoms with Crippen molar-refractivity contribution in [3.8, 4) is 17.1 Å². The zero-order chi connectivity index (χ0) is 22.7. The lowest BCUT2D eigenvalue weighted by Gasteiger charge is -2.02. The molecule has 2 aromatic carbocycles. The maximum atomic E-state index is 12.3. The Morgan fingerprint density at radius 3 is 2.69 bits per heavy atom. The van der Waals surface area contributed by atoms with Gasteiger partial charge in [0.05, 0.1) is 27.1 Å². The number of furan rings is 1. The SMILES string of the molecule is CCOc1ccc(N=C2NC(=O)/C(=C/c3ccc(-c4ccc([N+](=O)[O-])cc4Cl)o3)S2)cc1. The minimum absolute atomic E-state index is 0.106. The van der Waals surface area contributed by atoms with Crippen LogP contribution in [-0.2, 0) is 4.79 Å². The van der Waals surface area contributed by atoms with Crippen LogP contribution in [0.1, 0.15) is 12.7 Å². The number of non-ortho nitro benzene ring substituents is 1. The second-order valence-electron chi connectivity index (χ2n) is 6.53. The molecule has 0 unspecified atom stereocenters. The van der Waals surface area contributed by atoms with E-state index in [9.17, 15) is 14.9 Å². The first-order valence-corrected chi connectivity index (χ1v) is 10.7. The van der Waals surface area contributed by atoms with Crippen LogP contribution in [0.25, 0.3) is 17.4 Å². The Kier molecular flexibility index (Phi) is 6.29. The number of nitrogens with zero attached hydrogens (tertiary/aromatic N) is 2. The molecule has 0 aliphatic carbocycles. The van der Waals surface area contributed by atoms with Gasteiger partial charge >= 0.3 is 0 Å². The molecule has 0 bridgehead atoms. The van der Waals surface area contributed by atoms with E-state index in [2.05, 4.69) is 10.3 Å². The number of nitrogens with one attached hydrogen (secondary N) is 1. The lowest BCUT2D eigenvalue weighted by atomic mass is 10.1. The molecule has 4 rings (SSSR count). The fourth-order valence-electron chi connectivity index (χ4n) is 2.90. The predicted molar refractivity (Wildman–Crippen MR) is 124 cm³/mol. The van der Waals surface area contributed by atoms with Gasteiger partial charge in [0.25, 0.3) is 11.6 Å². The molecular formula is C22H16ClN3O5S. The Balaban J connectivity index is 1.51. The third kappa shape index (κ3) is 4.84. The van der Waals surface area contributed by atoms with Crippen molar-refractivity contribution < 1.29 is 18.9 Å². The molecule has 2 heterocycles. The van der Waals surface area contributed by atoms with Gasteiger partial charge in [-0.25, -0.2) is 4.99 Å². The van der Waals surface area contributed by atoms with Crippen molar-refractivity contribution in [1.29, 1.82) is 0 Å². The normalized spacial score (nSPS) is 15.9. The van der Waals surface area contributed by atoms with Crippen molar-refractivity contribution in [2.75, 3.05) is 6.61 Å². The van der Waals surface area contributed by atoms with E-state index in [1.807, 2.05) is 19.1 Å². The highest BCUT2D eigenvalue weighted by molar-refractivity contribution is 8.18. The molecule has 1 saturated heterocycles. The fraction of sp³-hybridized carbons (Fsp3) is 0.0909. The van der Waals surface area contributed by atoms with E-state index in [0.29, 0.717) is 39.5 Å². The van der Waals surface area contributed by atoms with Crippen molar-refractivity contribution in [2.24, 2.45) is 4.99 Å². The molecule has 8 nitrogen and oxygen atoms in total. The summed E-state index contributed by atoms with van der Waals surface area (Å²) in [7, 11) is 0. The summed E-state index contributed by atoms with van der Waals surface area (Å²) in [5.41, 5.74) is 1.10. The van der Waals surface area contributed by atoms with Crippen molar-refractivity contribution >= 4 is 51.9 Å². The summed E-state index contributed by atoms with van der Waals surface area (Å²) in [6, 6.07) is 14.8. The number of nitro groups is 1. The number of halogens is 1. The summed E-state index contributed by atoms with van der Waals surface area (Å²) in [6.45, 7) is 2.49. The molecule has 1 fully saturated rings. The largest absolute Gasteiger partial charge is 0.494 e. The maximum absolute atomic E-state index is 12.3. The average molecular weight is 470 g/mol. The molecule has 162 valence electrons. The lowest BCUT2D eigenvalue weighted by Crippen LogP contribution is -2.19. The molecule has 10 heteroatoms. The number of hydrogen-bond acceptors (Lipinski definition) is 7. The van der Waals surface area contributed by atoms with Crippen LogP contribution in [0.3, 0.4) is 0 Å². The minimum atomic E-state index is -0.518. The molecule has 0 radical (unpaired) electrons. The number of carbonyl (C=O) groups excluding carboxylic acids is 1. The Hall–Kier alpha value is -3.56. The zero-order valence-corrected chi connectivity index (χ0v) is 18.3. The molecule has 1 N–H and O–H groups in total. The summed E-state index contributed by atoms with van der Waals surface area (Å²) in [6.07, 6.45) is 1.60. The van der Waals surface area contributed by atoms with Crippen LogP contribution in [0.5, 0.6) is 5.75 Å². The van der Waals surface area contributed by atoms with E-state index in [0.717, 1.165) is 5.75 Å². The molecule has 0 saturated carbocycles. The number of benzene rings is 2. The number of nitro benzene ring substituents is 1. The standard InChI is InChI=1S/C22H16ClN3O5S/c1-2-30-15-6-3-13(4-7-15)24-22-25-21(27)20(32-22)12-16-8-10-19(31-16)17-9-5-14(26(28)29)11-18(17)23/h3-12H,2H2,1H3,(H,24,25,27)/b20-12-. The summed E-state index contributed by atoms with van der Waals surface area (Å²) < 4.78 is 11.2. The van der Waals surface area contributed by atoms with Crippen LogP contribution in [0.2, 0.25) is 5.02 Å². The molecule has 1 amide bonds. The topological polar surface area (TPSA) is 107 Å². The second-order valence-corrected chi connectivity index (χ2v) is 7.97. The number of hydrogen-bond donors (Lipinski definition) is 1. The van der Waals surface area contributed by atoms with Crippen LogP contribution >= 0.6 is 23.4 Å². The first-order valence-electron chi connectivity index (χ1n) is 9.49. The smallest absolute Gasteiger partial charge is 0.270 e. The molecule has 0 spiro atoms. The third-order valence-electron chi connectivity index (χ3n) is 4.36. The van der Waals surface area contributed by atoms with Crippen LogP contribution in [0, 0.1) is 10.1 Å². The maximum Gasteiger partial charge on any atom is 0.270 e. The van der Waals surface area contributed by atoms with Crippen LogP contribution in [0.15, 0.2) is 68.9 Å². The Morgan fingerprint density at radius 2 is 2.00 bits per heavy atom. The van der Waals surface area contributed by atoms with Crippen molar-refractivity contribution in [3.05, 3.63) is 80.4 Å². The predicted octanol–water partition coefficient (Wildman–Crippen LogP) is 5.80. The number of rotatable bonds is 6. The van der Waals surface area contributed by atoms with Crippen molar-refractivity contribution in [2.45, 2.75) is 6.92 Å².